The van der Waals surface area contributed by atoms with E-state index in [1.807, 2.05) is 18.4 Å². The van der Waals surface area contributed by atoms with E-state index in [1.54, 1.807) is 12.1 Å². The third-order valence-electron chi connectivity index (χ3n) is 3.16. The molecular weight excluding hydrogens is 266 g/mol. The van der Waals surface area contributed by atoms with Crippen molar-refractivity contribution >= 4 is 23.6 Å². The van der Waals surface area contributed by atoms with Crippen molar-refractivity contribution in [3.8, 4) is 0 Å². The zero-order chi connectivity index (χ0) is 14.0. The highest BCUT2D eigenvalue weighted by Gasteiger charge is 2.39. The summed E-state index contributed by atoms with van der Waals surface area (Å²) in [5.41, 5.74) is 0.482. The number of benzene rings is 1. The standard InChI is InChI=1S/C13H15NO4S/c1-19-11-5-3-2-4-9(11)12(16)14-7-8(15)6-10(14)13(17)18/h2-5,8,10,15H,6-7H2,1H3,(H,17,18)/t8-,10-/m0/s1. The Hall–Kier alpha value is -1.53. The first-order valence-corrected chi connectivity index (χ1v) is 7.12. The molecule has 19 heavy (non-hydrogen) atoms. The predicted octanol–water partition coefficient (Wildman–Crippen LogP) is 1.07. The van der Waals surface area contributed by atoms with E-state index in [-0.39, 0.29) is 18.9 Å². The third kappa shape index (κ3) is 2.74. The van der Waals surface area contributed by atoms with Crippen LogP contribution in [0.25, 0.3) is 0 Å². The molecule has 0 unspecified atom stereocenters. The molecule has 0 bridgehead atoms. The molecule has 2 atom stereocenters. The van der Waals surface area contributed by atoms with Crippen LogP contribution in [0.2, 0.25) is 0 Å². The van der Waals surface area contributed by atoms with E-state index in [1.165, 1.54) is 16.7 Å². The number of aliphatic hydroxyl groups excluding tert-OH is 1. The largest absolute Gasteiger partial charge is 0.480 e. The van der Waals surface area contributed by atoms with Gasteiger partial charge in [0.25, 0.3) is 5.91 Å². The average molecular weight is 281 g/mol. The van der Waals surface area contributed by atoms with Crippen molar-refractivity contribution in [2.24, 2.45) is 0 Å². The van der Waals surface area contributed by atoms with E-state index in [0.717, 1.165) is 4.90 Å². The maximum atomic E-state index is 12.4. The molecule has 6 heteroatoms. The molecule has 1 heterocycles. The quantitative estimate of drug-likeness (QED) is 0.810. The molecule has 1 amide bonds. The van der Waals surface area contributed by atoms with Crippen molar-refractivity contribution in [2.75, 3.05) is 12.8 Å². The predicted molar refractivity (Wildman–Crippen MR) is 71.3 cm³/mol. The van der Waals surface area contributed by atoms with Crippen LogP contribution in [0.1, 0.15) is 16.8 Å². The van der Waals surface area contributed by atoms with Gasteiger partial charge in [-0.2, -0.15) is 0 Å². The van der Waals surface area contributed by atoms with Crippen LogP contribution < -0.4 is 0 Å². The van der Waals surface area contributed by atoms with E-state index in [4.69, 9.17) is 5.11 Å². The van der Waals surface area contributed by atoms with Gasteiger partial charge >= 0.3 is 5.97 Å². The van der Waals surface area contributed by atoms with Crippen molar-refractivity contribution in [1.29, 1.82) is 0 Å². The van der Waals surface area contributed by atoms with Gasteiger partial charge in [-0.1, -0.05) is 12.1 Å². The Bertz CT molecular complexity index is 505. The number of aliphatic carboxylic acids is 1. The fraction of sp³-hybridized carbons (Fsp3) is 0.385. The van der Waals surface area contributed by atoms with Gasteiger partial charge in [-0.05, 0) is 18.4 Å². The number of β-amino-alcohol motifs (C(OH)–C–C–N with tert-alkyl or cyclic N) is 1. The zero-order valence-electron chi connectivity index (χ0n) is 10.4. The summed E-state index contributed by atoms with van der Waals surface area (Å²) in [5, 5.41) is 18.7. The van der Waals surface area contributed by atoms with Crippen molar-refractivity contribution in [1.82, 2.24) is 4.90 Å². The summed E-state index contributed by atoms with van der Waals surface area (Å²) in [6.07, 6.45) is 1.17. The van der Waals surface area contributed by atoms with Gasteiger partial charge in [-0.25, -0.2) is 4.79 Å². The number of carbonyl (C=O) groups excluding carboxylic acids is 1. The molecule has 0 radical (unpaired) electrons. The SMILES string of the molecule is CSc1ccccc1C(=O)N1C[C@@H](O)C[C@H]1C(=O)O. The lowest BCUT2D eigenvalue weighted by molar-refractivity contribution is -0.141. The number of carboxylic acid groups (broad SMARTS) is 1. The molecule has 1 aromatic rings. The molecule has 1 aromatic carbocycles. The molecule has 0 aliphatic carbocycles. The maximum absolute atomic E-state index is 12.4. The van der Waals surface area contributed by atoms with Crippen LogP contribution in [0.15, 0.2) is 29.2 Å². The van der Waals surface area contributed by atoms with E-state index in [2.05, 4.69) is 0 Å². The van der Waals surface area contributed by atoms with Crippen molar-refractivity contribution in [2.45, 2.75) is 23.5 Å². The molecule has 102 valence electrons. The third-order valence-corrected chi connectivity index (χ3v) is 3.96. The number of hydrogen-bond acceptors (Lipinski definition) is 4. The van der Waals surface area contributed by atoms with E-state index < -0.39 is 18.1 Å². The van der Waals surface area contributed by atoms with Gasteiger partial charge in [0.2, 0.25) is 0 Å². The number of hydrogen-bond donors (Lipinski definition) is 2. The summed E-state index contributed by atoms with van der Waals surface area (Å²) >= 11 is 1.44. The maximum Gasteiger partial charge on any atom is 0.326 e. The monoisotopic (exact) mass is 281 g/mol. The van der Waals surface area contributed by atoms with Crippen molar-refractivity contribution in [3.05, 3.63) is 29.8 Å². The van der Waals surface area contributed by atoms with Gasteiger partial charge in [0.1, 0.15) is 6.04 Å². The van der Waals surface area contributed by atoms with Gasteiger partial charge < -0.3 is 15.1 Å². The van der Waals surface area contributed by atoms with Gasteiger partial charge in [0.05, 0.1) is 11.7 Å². The number of rotatable bonds is 3. The molecule has 1 fully saturated rings. The molecule has 0 aromatic heterocycles. The molecule has 0 saturated carbocycles. The van der Waals surface area contributed by atoms with E-state index in [9.17, 15) is 14.7 Å². The molecule has 1 aliphatic heterocycles. The molecule has 2 rings (SSSR count). The number of aliphatic hydroxyl groups is 1. The van der Waals surface area contributed by atoms with Crippen LogP contribution in [0.5, 0.6) is 0 Å². The number of carbonyl (C=O) groups is 2. The molecule has 2 N–H and O–H groups in total. The molecule has 5 nitrogen and oxygen atoms in total. The summed E-state index contributed by atoms with van der Waals surface area (Å²) in [6, 6.07) is 6.13. The summed E-state index contributed by atoms with van der Waals surface area (Å²) in [6.45, 7) is 0.0680. The van der Waals surface area contributed by atoms with Crippen LogP contribution in [0.3, 0.4) is 0 Å². The molecule has 0 spiro atoms. The first-order valence-electron chi connectivity index (χ1n) is 5.89. The minimum Gasteiger partial charge on any atom is -0.480 e. The van der Waals surface area contributed by atoms with Crippen molar-refractivity contribution in [3.63, 3.8) is 0 Å². The van der Waals surface area contributed by atoms with Crippen LogP contribution in [-0.4, -0.2) is 51.9 Å². The Kier molecular flexibility index (Phi) is 4.11. The molecule has 1 saturated heterocycles. The number of amides is 1. The van der Waals surface area contributed by atoms with Crippen LogP contribution in [0, 0.1) is 0 Å². The highest BCUT2D eigenvalue weighted by Crippen LogP contribution is 2.26. The molecule has 1 aliphatic rings. The Balaban J connectivity index is 2.30. The van der Waals surface area contributed by atoms with Crippen molar-refractivity contribution < 1.29 is 19.8 Å². The summed E-state index contributed by atoms with van der Waals surface area (Å²) in [4.78, 5) is 25.6. The second kappa shape index (κ2) is 5.63. The normalized spacial score (nSPS) is 22.5. The van der Waals surface area contributed by atoms with E-state index in [0.29, 0.717) is 5.56 Å². The first-order chi connectivity index (χ1) is 9.04. The van der Waals surface area contributed by atoms with Crippen LogP contribution >= 0.6 is 11.8 Å². The fourth-order valence-corrected chi connectivity index (χ4v) is 2.84. The number of nitrogens with zero attached hydrogens (tertiary/aromatic N) is 1. The second-order valence-electron chi connectivity index (χ2n) is 4.40. The van der Waals surface area contributed by atoms with Gasteiger partial charge in [-0.15, -0.1) is 11.8 Å². The minimum absolute atomic E-state index is 0.0680. The lowest BCUT2D eigenvalue weighted by Crippen LogP contribution is -2.40. The lowest BCUT2D eigenvalue weighted by atomic mass is 10.1. The smallest absolute Gasteiger partial charge is 0.326 e. The Morgan fingerprint density at radius 3 is 2.68 bits per heavy atom. The van der Waals surface area contributed by atoms with Gasteiger partial charge in [0, 0.05) is 17.9 Å². The summed E-state index contributed by atoms with van der Waals surface area (Å²) in [5.74, 6) is -1.42. The van der Waals surface area contributed by atoms with Crippen LogP contribution in [-0.2, 0) is 4.79 Å². The lowest BCUT2D eigenvalue weighted by Gasteiger charge is -2.22. The second-order valence-corrected chi connectivity index (χ2v) is 5.25. The average Bonchev–Trinajstić information content (AvgIpc) is 2.80. The Morgan fingerprint density at radius 1 is 1.37 bits per heavy atom. The zero-order valence-corrected chi connectivity index (χ0v) is 11.3. The molecular formula is C13H15NO4S. The number of thioether (sulfide) groups is 1. The Labute approximate surface area is 115 Å². The number of likely N-dealkylation sites (tertiary alicyclic amines) is 1. The topological polar surface area (TPSA) is 77.8 Å². The summed E-state index contributed by atoms with van der Waals surface area (Å²) < 4.78 is 0. The highest BCUT2D eigenvalue weighted by molar-refractivity contribution is 7.98. The van der Waals surface area contributed by atoms with E-state index >= 15 is 0 Å². The highest BCUT2D eigenvalue weighted by atomic mass is 32.2. The van der Waals surface area contributed by atoms with Gasteiger partial charge in [0.15, 0.2) is 0 Å². The fourth-order valence-electron chi connectivity index (χ4n) is 2.25. The Morgan fingerprint density at radius 2 is 2.05 bits per heavy atom. The first kappa shape index (κ1) is 13.9. The van der Waals surface area contributed by atoms with Crippen LogP contribution in [0.4, 0.5) is 0 Å². The number of carboxylic acids is 1. The van der Waals surface area contributed by atoms with Gasteiger partial charge in [-0.3, -0.25) is 4.79 Å². The minimum atomic E-state index is -1.08. The summed E-state index contributed by atoms with van der Waals surface area (Å²) in [7, 11) is 0.